The van der Waals surface area contributed by atoms with Gasteiger partial charge in [-0.15, -0.1) is 0 Å². The molecule has 0 fully saturated rings. The van der Waals surface area contributed by atoms with E-state index in [1.54, 1.807) is 36.4 Å². The molecule has 2 aromatic carbocycles. The molecule has 0 spiro atoms. The van der Waals surface area contributed by atoms with E-state index in [9.17, 15) is 19.8 Å². The Balaban J connectivity index is 2.85. The molecule has 0 aliphatic rings. The lowest BCUT2D eigenvalue weighted by atomic mass is 9.69. The predicted octanol–water partition coefficient (Wildman–Crippen LogP) is 2.54. The number of nitrogens with one attached hydrogen (secondary N) is 1. The fourth-order valence-electron chi connectivity index (χ4n) is 2.59. The van der Waals surface area contributed by atoms with Crippen LogP contribution in [-0.4, -0.2) is 28.2 Å². The molecule has 6 nitrogen and oxygen atoms in total. The van der Waals surface area contributed by atoms with Gasteiger partial charge >= 0.3 is 11.9 Å². The highest BCUT2D eigenvalue weighted by Gasteiger charge is 2.53. The first-order valence-electron chi connectivity index (χ1n) is 6.49. The van der Waals surface area contributed by atoms with Crippen molar-refractivity contribution >= 4 is 11.9 Å². The first-order valence-corrected chi connectivity index (χ1v) is 6.49. The normalized spacial score (nSPS) is 12.4. The van der Waals surface area contributed by atoms with Gasteiger partial charge < -0.3 is 10.2 Å². The number of rotatable bonds is 6. The van der Waals surface area contributed by atoms with Gasteiger partial charge in [0, 0.05) is 0 Å². The Bertz CT molecular complexity index is 646. The number of benzene rings is 2. The van der Waals surface area contributed by atoms with Gasteiger partial charge in [-0.1, -0.05) is 60.7 Å². The zero-order valence-electron chi connectivity index (χ0n) is 11.5. The Morgan fingerprint density at radius 3 is 1.59 bits per heavy atom. The second kappa shape index (κ2) is 6.17. The van der Waals surface area contributed by atoms with E-state index in [0.29, 0.717) is 0 Å². The highest BCUT2D eigenvalue weighted by Crippen LogP contribution is 2.38. The molecule has 112 valence electrons. The minimum atomic E-state index is -1.96. The molecule has 0 heterocycles. The average Bonchev–Trinajstić information content (AvgIpc) is 2.53. The molecule has 6 heteroatoms. The fourth-order valence-corrected chi connectivity index (χ4v) is 2.59. The Morgan fingerprint density at radius 1 is 0.909 bits per heavy atom. The molecule has 0 aliphatic heterocycles. The molecule has 3 N–H and O–H groups in total. The van der Waals surface area contributed by atoms with Crippen molar-refractivity contribution in [1.82, 2.24) is 0 Å². The Kier molecular flexibility index (Phi) is 4.31. The van der Waals surface area contributed by atoms with Crippen molar-refractivity contribution in [3.05, 3.63) is 71.8 Å². The van der Waals surface area contributed by atoms with Crippen LogP contribution in [-0.2, 0) is 15.0 Å². The first kappa shape index (κ1) is 15.4. The standard InChI is InChI=1S/C16H14N2O4/c17-18-13(14(19)20)16(15(21)22,11-7-3-1-4-8-11)12-9-5-2-6-10-12/h1-10,13,17H,(H,19,20)(H,21,22). The van der Waals surface area contributed by atoms with Gasteiger partial charge in [0.1, 0.15) is 0 Å². The van der Waals surface area contributed by atoms with E-state index >= 15 is 0 Å². The third kappa shape index (κ3) is 2.35. The molecule has 1 atom stereocenters. The van der Waals surface area contributed by atoms with Crippen LogP contribution in [0.2, 0.25) is 0 Å². The van der Waals surface area contributed by atoms with E-state index in [1.165, 1.54) is 24.3 Å². The summed E-state index contributed by atoms with van der Waals surface area (Å²) in [6.07, 6.45) is 0. The van der Waals surface area contributed by atoms with Crippen molar-refractivity contribution in [3.63, 3.8) is 0 Å². The number of carboxylic acids is 2. The van der Waals surface area contributed by atoms with Gasteiger partial charge in [-0.25, -0.2) is 10.3 Å². The van der Waals surface area contributed by atoms with E-state index in [-0.39, 0.29) is 11.1 Å². The fraction of sp³-hybridized carbons (Fsp3) is 0.125. The molecular formula is C16H14N2O4. The summed E-state index contributed by atoms with van der Waals surface area (Å²) in [5, 5.41) is 22.4. The van der Waals surface area contributed by atoms with Gasteiger partial charge in [0.25, 0.3) is 0 Å². The largest absolute Gasteiger partial charge is 0.480 e. The van der Waals surface area contributed by atoms with E-state index in [1.807, 2.05) is 0 Å². The maximum Gasteiger partial charge on any atom is 0.332 e. The number of hydrogen-bond acceptors (Lipinski definition) is 4. The lowest BCUT2D eigenvalue weighted by Crippen LogP contribution is -2.50. The number of carbonyl (C=O) groups is 2. The van der Waals surface area contributed by atoms with Crippen LogP contribution in [0, 0.1) is 5.53 Å². The van der Waals surface area contributed by atoms with Crippen molar-refractivity contribution < 1.29 is 19.8 Å². The minimum absolute atomic E-state index is 0.261. The smallest absolute Gasteiger partial charge is 0.332 e. The van der Waals surface area contributed by atoms with Crippen molar-refractivity contribution in [2.45, 2.75) is 11.5 Å². The average molecular weight is 298 g/mol. The number of aliphatic carboxylic acids is 2. The molecule has 22 heavy (non-hydrogen) atoms. The molecule has 2 rings (SSSR count). The topological polar surface area (TPSA) is 111 Å². The summed E-state index contributed by atoms with van der Waals surface area (Å²) in [5.41, 5.74) is 5.78. The summed E-state index contributed by atoms with van der Waals surface area (Å²) in [5.74, 6) is -2.83. The van der Waals surface area contributed by atoms with Crippen LogP contribution in [0.1, 0.15) is 11.1 Å². The Labute approximate surface area is 126 Å². The third-order valence-corrected chi connectivity index (χ3v) is 3.57. The lowest BCUT2D eigenvalue weighted by molar-refractivity contribution is -0.150. The van der Waals surface area contributed by atoms with E-state index in [0.717, 1.165) is 0 Å². The number of carboxylic acid groups (broad SMARTS) is 2. The molecule has 0 saturated heterocycles. The van der Waals surface area contributed by atoms with Crippen LogP contribution in [0.5, 0.6) is 0 Å². The van der Waals surface area contributed by atoms with Crippen molar-refractivity contribution in [3.8, 4) is 0 Å². The monoisotopic (exact) mass is 298 g/mol. The lowest BCUT2D eigenvalue weighted by Gasteiger charge is -2.32. The summed E-state index contributed by atoms with van der Waals surface area (Å²) < 4.78 is 0. The van der Waals surface area contributed by atoms with Crippen LogP contribution >= 0.6 is 0 Å². The van der Waals surface area contributed by atoms with E-state index in [2.05, 4.69) is 5.11 Å². The van der Waals surface area contributed by atoms with Crippen LogP contribution in [0.25, 0.3) is 0 Å². The maximum absolute atomic E-state index is 12.1. The number of hydrogen-bond donors (Lipinski definition) is 3. The van der Waals surface area contributed by atoms with Gasteiger partial charge in [0.05, 0.1) is 0 Å². The minimum Gasteiger partial charge on any atom is -0.480 e. The third-order valence-electron chi connectivity index (χ3n) is 3.57. The molecule has 0 radical (unpaired) electrons. The van der Waals surface area contributed by atoms with Gasteiger partial charge in [-0.05, 0) is 11.1 Å². The summed E-state index contributed by atoms with van der Waals surface area (Å²) in [6, 6.07) is 14.3. The molecule has 0 aliphatic carbocycles. The van der Waals surface area contributed by atoms with E-state index in [4.69, 9.17) is 5.53 Å². The molecular weight excluding hydrogens is 284 g/mol. The van der Waals surface area contributed by atoms with Crippen LogP contribution in [0.4, 0.5) is 0 Å². The zero-order valence-corrected chi connectivity index (χ0v) is 11.5. The maximum atomic E-state index is 12.1. The Morgan fingerprint density at radius 2 is 1.32 bits per heavy atom. The summed E-state index contributed by atoms with van der Waals surface area (Å²) >= 11 is 0. The summed E-state index contributed by atoms with van der Waals surface area (Å²) in [7, 11) is 0. The molecule has 1 unspecified atom stereocenters. The van der Waals surface area contributed by atoms with Crippen molar-refractivity contribution in [1.29, 1.82) is 5.53 Å². The SMILES string of the molecule is N=NC(C(=O)O)C(C(=O)O)(c1ccccc1)c1ccccc1. The molecule has 0 bridgehead atoms. The highest BCUT2D eigenvalue weighted by atomic mass is 16.4. The van der Waals surface area contributed by atoms with E-state index < -0.39 is 23.4 Å². The molecule has 0 amide bonds. The van der Waals surface area contributed by atoms with Gasteiger partial charge in [-0.2, -0.15) is 5.11 Å². The highest BCUT2D eigenvalue weighted by molar-refractivity contribution is 5.94. The zero-order chi connectivity index (χ0) is 16.2. The van der Waals surface area contributed by atoms with Crippen LogP contribution in [0.3, 0.4) is 0 Å². The van der Waals surface area contributed by atoms with Gasteiger partial charge in [0.15, 0.2) is 11.5 Å². The van der Waals surface area contributed by atoms with Crippen molar-refractivity contribution in [2.75, 3.05) is 0 Å². The second-order valence-electron chi connectivity index (χ2n) is 4.72. The molecule has 0 saturated carbocycles. The van der Waals surface area contributed by atoms with Gasteiger partial charge in [0.2, 0.25) is 0 Å². The quantitative estimate of drug-likeness (QED) is 0.711. The second-order valence-corrected chi connectivity index (χ2v) is 4.72. The first-order chi connectivity index (χ1) is 10.5. The summed E-state index contributed by atoms with van der Waals surface area (Å²) in [6.45, 7) is 0. The predicted molar refractivity (Wildman–Crippen MR) is 77.9 cm³/mol. The molecule has 2 aromatic rings. The molecule has 0 aromatic heterocycles. The number of nitrogens with zero attached hydrogens (tertiary/aromatic N) is 1. The van der Waals surface area contributed by atoms with Crippen LogP contribution in [0.15, 0.2) is 65.8 Å². The van der Waals surface area contributed by atoms with Crippen LogP contribution < -0.4 is 0 Å². The van der Waals surface area contributed by atoms with Crippen molar-refractivity contribution in [2.24, 2.45) is 5.11 Å². The summed E-state index contributed by atoms with van der Waals surface area (Å²) in [4.78, 5) is 23.7. The Hall–Kier alpha value is -3.02. The van der Waals surface area contributed by atoms with Gasteiger partial charge in [-0.3, -0.25) is 4.79 Å².